The molecule has 0 saturated heterocycles. The number of ether oxygens (including phenoxy) is 1. The van der Waals surface area contributed by atoms with Crippen LogP contribution in [0.3, 0.4) is 0 Å². The normalized spacial score (nSPS) is 14.3. The molecule has 1 aromatic rings. The van der Waals surface area contributed by atoms with Gasteiger partial charge in [0.25, 0.3) is 0 Å². The summed E-state index contributed by atoms with van der Waals surface area (Å²) >= 11 is 0. The van der Waals surface area contributed by atoms with Crippen LogP contribution in [0.4, 0.5) is 11.5 Å². The van der Waals surface area contributed by atoms with Gasteiger partial charge in [0.1, 0.15) is 5.82 Å². The largest absolute Gasteiger partial charge is 0.473 e. The molecule has 0 fully saturated rings. The van der Waals surface area contributed by atoms with Crippen molar-refractivity contribution in [3.63, 3.8) is 0 Å². The Morgan fingerprint density at radius 1 is 1.33 bits per heavy atom. The zero-order valence-electron chi connectivity index (χ0n) is 11.5. The van der Waals surface area contributed by atoms with Crippen LogP contribution >= 0.6 is 0 Å². The van der Waals surface area contributed by atoms with E-state index < -0.39 is 0 Å². The number of nitrogens with two attached hydrogens (primary N) is 1. The molecule has 0 aliphatic heterocycles. The van der Waals surface area contributed by atoms with Crippen LogP contribution in [0.1, 0.15) is 27.7 Å². The summed E-state index contributed by atoms with van der Waals surface area (Å²) in [6, 6.07) is 3.70. The molecule has 0 amide bonds. The average molecular weight is 253 g/mol. The Hall–Kier alpha value is -1.49. The molecule has 5 nitrogen and oxygen atoms in total. The molecular formula is C13H23N3O2. The maximum Gasteiger partial charge on any atom is 0.239 e. The number of aliphatic hydroxyl groups is 1. The Kier molecular flexibility index (Phi) is 5.22. The Balaban J connectivity index is 2.78. The standard InChI is InChI=1S/C13H23N3O2/c1-8(2)18-13-11(14)5-6-12(16-13)15-10(4)9(3)7-17/h5-6,8-10,17H,7,14H2,1-4H3,(H,15,16). The SMILES string of the molecule is CC(C)Oc1nc(NC(C)C(C)CO)ccc1N. The van der Waals surface area contributed by atoms with Gasteiger partial charge in [-0.25, -0.2) is 0 Å². The highest BCUT2D eigenvalue weighted by Crippen LogP contribution is 2.22. The average Bonchev–Trinajstić information content (AvgIpc) is 2.31. The number of pyridine rings is 1. The molecule has 0 aliphatic rings. The predicted octanol–water partition coefficient (Wildman–Crippen LogP) is 1.88. The van der Waals surface area contributed by atoms with Gasteiger partial charge in [-0.3, -0.25) is 0 Å². The summed E-state index contributed by atoms with van der Waals surface area (Å²) in [6.45, 7) is 7.97. The second-order valence-corrected chi connectivity index (χ2v) is 4.85. The third kappa shape index (κ3) is 4.07. The molecule has 5 heteroatoms. The first-order chi connectivity index (χ1) is 8.43. The lowest BCUT2D eigenvalue weighted by Crippen LogP contribution is -2.26. The van der Waals surface area contributed by atoms with Gasteiger partial charge in [0, 0.05) is 12.6 Å². The van der Waals surface area contributed by atoms with E-state index in [-0.39, 0.29) is 24.7 Å². The van der Waals surface area contributed by atoms with Gasteiger partial charge >= 0.3 is 0 Å². The van der Waals surface area contributed by atoms with Gasteiger partial charge < -0.3 is 20.9 Å². The number of nitrogens with one attached hydrogen (secondary N) is 1. The summed E-state index contributed by atoms with van der Waals surface area (Å²) in [6.07, 6.45) is 0.0313. The fourth-order valence-corrected chi connectivity index (χ4v) is 1.38. The predicted molar refractivity (Wildman–Crippen MR) is 73.7 cm³/mol. The van der Waals surface area contributed by atoms with Gasteiger partial charge in [-0.15, -0.1) is 0 Å². The van der Waals surface area contributed by atoms with Gasteiger partial charge in [0.15, 0.2) is 0 Å². The van der Waals surface area contributed by atoms with Crippen LogP contribution < -0.4 is 15.8 Å². The molecule has 0 bridgehead atoms. The summed E-state index contributed by atoms with van der Waals surface area (Å²) < 4.78 is 5.53. The number of nitrogens with zero attached hydrogens (tertiary/aromatic N) is 1. The minimum atomic E-state index is 0.0313. The van der Waals surface area contributed by atoms with Crippen LogP contribution in [0, 0.1) is 5.92 Å². The second kappa shape index (κ2) is 6.44. The van der Waals surface area contributed by atoms with E-state index in [2.05, 4.69) is 10.3 Å². The Bertz CT molecular complexity index is 382. The lowest BCUT2D eigenvalue weighted by atomic mass is 10.1. The van der Waals surface area contributed by atoms with Gasteiger partial charge in [-0.05, 0) is 38.8 Å². The monoisotopic (exact) mass is 253 g/mol. The number of hydrogen-bond donors (Lipinski definition) is 3. The van der Waals surface area contributed by atoms with E-state index in [0.717, 1.165) is 0 Å². The van der Waals surface area contributed by atoms with Gasteiger partial charge in [0.2, 0.25) is 5.88 Å². The highest BCUT2D eigenvalue weighted by molar-refractivity contribution is 5.53. The van der Waals surface area contributed by atoms with Gasteiger partial charge in [0.05, 0.1) is 11.8 Å². The van der Waals surface area contributed by atoms with E-state index >= 15 is 0 Å². The third-order valence-electron chi connectivity index (χ3n) is 2.75. The molecule has 4 N–H and O–H groups in total. The van der Waals surface area contributed by atoms with Crippen LogP contribution in [-0.2, 0) is 0 Å². The molecule has 0 saturated carbocycles. The third-order valence-corrected chi connectivity index (χ3v) is 2.75. The number of anilines is 2. The summed E-state index contributed by atoms with van der Waals surface area (Å²) in [5.41, 5.74) is 6.32. The molecule has 1 aromatic heterocycles. The van der Waals surface area contributed by atoms with Gasteiger partial charge in [-0.2, -0.15) is 4.98 Å². The smallest absolute Gasteiger partial charge is 0.239 e. The van der Waals surface area contributed by atoms with E-state index in [1.54, 1.807) is 6.07 Å². The fourth-order valence-electron chi connectivity index (χ4n) is 1.38. The fraction of sp³-hybridized carbons (Fsp3) is 0.615. The van der Waals surface area contributed by atoms with Crippen LogP contribution in [0.15, 0.2) is 12.1 Å². The highest BCUT2D eigenvalue weighted by Gasteiger charge is 2.13. The van der Waals surface area contributed by atoms with E-state index in [9.17, 15) is 0 Å². The summed E-state index contributed by atoms with van der Waals surface area (Å²) in [5, 5.41) is 12.3. The van der Waals surface area contributed by atoms with Crippen molar-refractivity contribution in [1.29, 1.82) is 0 Å². The lowest BCUT2D eigenvalue weighted by molar-refractivity contribution is 0.225. The highest BCUT2D eigenvalue weighted by atomic mass is 16.5. The van der Waals surface area contributed by atoms with Crippen LogP contribution in [0.5, 0.6) is 5.88 Å². The van der Waals surface area contributed by atoms with Crippen molar-refractivity contribution in [1.82, 2.24) is 4.98 Å². The first kappa shape index (κ1) is 14.6. The minimum absolute atomic E-state index is 0.0313. The number of nitrogen functional groups attached to an aromatic ring is 1. The van der Waals surface area contributed by atoms with Crippen molar-refractivity contribution in [3.05, 3.63) is 12.1 Å². The summed E-state index contributed by atoms with van der Waals surface area (Å²) in [7, 11) is 0. The molecule has 102 valence electrons. The van der Waals surface area contributed by atoms with Crippen molar-refractivity contribution >= 4 is 11.5 Å². The molecule has 0 radical (unpaired) electrons. The first-order valence-electron chi connectivity index (χ1n) is 6.24. The maximum absolute atomic E-state index is 9.10. The van der Waals surface area contributed by atoms with E-state index in [0.29, 0.717) is 17.4 Å². The van der Waals surface area contributed by atoms with Crippen molar-refractivity contribution in [2.75, 3.05) is 17.7 Å². The van der Waals surface area contributed by atoms with E-state index in [1.165, 1.54) is 0 Å². The van der Waals surface area contributed by atoms with Crippen LogP contribution in [0.25, 0.3) is 0 Å². The lowest BCUT2D eigenvalue weighted by Gasteiger charge is -2.20. The van der Waals surface area contributed by atoms with Crippen molar-refractivity contribution in [3.8, 4) is 5.88 Å². The van der Waals surface area contributed by atoms with Gasteiger partial charge in [-0.1, -0.05) is 6.92 Å². The molecule has 0 aliphatic carbocycles. The summed E-state index contributed by atoms with van der Waals surface area (Å²) in [4.78, 5) is 4.33. The minimum Gasteiger partial charge on any atom is -0.473 e. The molecular weight excluding hydrogens is 230 g/mol. The van der Waals surface area contributed by atoms with Crippen molar-refractivity contribution in [2.24, 2.45) is 5.92 Å². The van der Waals surface area contributed by atoms with Crippen molar-refractivity contribution < 1.29 is 9.84 Å². The molecule has 0 aromatic carbocycles. The quantitative estimate of drug-likeness (QED) is 0.721. The number of rotatable bonds is 6. The molecule has 18 heavy (non-hydrogen) atoms. The molecule has 0 spiro atoms. The number of aromatic nitrogens is 1. The molecule has 2 unspecified atom stereocenters. The maximum atomic E-state index is 9.10. The summed E-state index contributed by atoms with van der Waals surface area (Å²) in [5.74, 6) is 1.30. The first-order valence-corrected chi connectivity index (χ1v) is 6.24. The van der Waals surface area contributed by atoms with Crippen LogP contribution in [0.2, 0.25) is 0 Å². The van der Waals surface area contributed by atoms with Crippen LogP contribution in [-0.4, -0.2) is 28.8 Å². The second-order valence-electron chi connectivity index (χ2n) is 4.85. The molecule has 1 rings (SSSR count). The topological polar surface area (TPSA) is 80.4 Å². The number of hydrogen-bond acceptors (Lipinski definition) is 5. The molecule has 1 heterocycles. The Labute approximate surface area is 108 Å². The zero-order chi connectivity index (χ0) is 13.7. The van der Waals surface area contributed by atoms with Crippen molar-refractivity contribution in [2.45, 2.75) is 39.8 Å². The van der Waals surface area contributed by atoms with E-state index in [1.807, 2.05) is 33.8 Å². The Morgan fingerprint density at radius 2 is 2.00 bits per heavy atom. The zero-order valence-corrected chi connectivity index (χ0v) is 11.5. The number of aliphatic hydroxyl groups excluding tert-OH is 1. The van der Waals surface area contributed by atoms with E-state index in [4.69, 9.17) is 15.6 Å². The molecule has 2 atom stereocenters. The Morgan fingerprint density at radius 3 is 2.56 bits per heavy atom.